The monoisotopic (exact) mass is 350 g/mol. The number of nitrogens with zero attached hydrogens (tertiary/aromatic N) is 5. The smallest absolute Gasteiger partial charge is 0.229 e. The zero-order valence-corrected chi connectivity index (χ0v) is 13.9. The summed E-state index contributed by atoms with van der Waals surface area (Å²) in [6, 6.07) is 6.00. The van der Waals surface area contributed by atoms with E-state index < -0.39 is 5.82 Å². The minimum Gasteiger partial charge on any atom is -0.365 e. The van der Waals surface area contributed by atoms with Gasteiger partial charge in [0.2, 0.25) is 5.95 Å². The molecule has 0 aliphatic carbocycles. The lowest BCUT2D eigenvalue weighted by Crippen LogP contribution is -2.08. The minimum atomic E-state index is -0.422. The predicted molar refractivity (Wildman–Crippen MR) is 94.9 cm³/mol. The van der Waals surface area contributed by atoms with Crippen LogP contribution in [0.2, 0.25) is 0 Å². The molecule has 130 valence electrons. The zero-order valence-electron chi connectivity index (χ0n) is 13.9. The molecule has 0 amide bonds. The lowest BCUT2D eigenvalue weighted by Gasteiger charge is -2.11. The van der Waals surface area contributed by atoms with E-state index >= 15 is 0 Å². The van der Waals surface area contributed by atoms with E-state index in [0.717, 1.165) is 11.9 Å². The van der Waals surface area contributed by atoms with Crippen LogP contribution in [0.3, 0.4) is 0 Å². The van der Waals surface area contributed by atoms with E-state index in [-0.39, 0.29) is 6.54 Å². The Morgan fingerprint density at radius 1 is 1.38 bits per heavy atom. The van der Waals surface area contributed by atoms with Crippen LogP contribution < -0.4 is 10.6 Å². The molecular formula is C17H15FN8. The second-order valence-corrected chi connectivity index (χ2v) is 5.44. The van der Waals surface area contributed by atoms with Crippen molar-refractivity contribution in [2.45, 2.75) is 6.54 Å². The van der Waals surface area contributed by atoms with Crippen LogP contribution in [0.4, 0.5) is 21.8 Å². The molecule has 26 heavy (non-hydrogen) atoms. The number of halogens is 1. The van der Waals surface area contributed by atoms with Crippen LogP contribution in [0.5, 0.6) is 0 Å². The number of benzene rings is 1. The number of nitriles is 1. The Hall–Kier alpha value is -3.80. The Kier molecular flexibility index (Phi) is 4.85. The van der Waals surface area contributed by atoms with Gasteiger partial charge in [-0.15, -0.1) is 0 Å². The molecule has 9 heteroatoms. The summed E-state index contributed by atoms with van der Waals surface area (Å²) < 4.78 is 15.1. The zero-order chi connectivity index (χ0) is 18.5. The van der Waals surface area contributed by atoms with Crippen molar-refractivity contribution in [1.82, 2.24) is 19.7 Å². The first-order valence-electron chi connectivity index (χ1n) is 7.64. The van der Waals surface area contributed by atoms with E-state index in [1.54, 1.807) is 24.1 Å². The van der Waals surface area contributed by atoms with Gasteiger partial charge in [-0.25, -0.2) is 9.37 Å². The van der Waals surface area contributed by atoms with Crippen molar-refractivity contribution in [1.29, 1.82) is 10.7 Å². The van der Waals surface area contributed by atoms with Crippen LogP contribution >= 0.6 is 0 Å². The van der Waals surface area contributed by atoms with Gasteiger partial charge in [0, 0.05) is 32.2 Å². The number of rotatable bonds is 6. The second kappa shape index (κ2) is 7.40. The number of hydrogen-bond acceptors (Lipinski definition) is 7. The quantitative estimate of drug-likeness (QED) is 0.589. The van der Waals surface area contributed by atoms with Crippen LogP contribution in [-0.2, 0) is 13.6 Å². The largest absolute Gasteiger partial charge is 0.365 e. The molecule has 0 radical (unpaired) electrons. The molecule has 0 spiro atoms. The maximum absolute atomic E-state index is 13.4. The summed E-state index contributed by atoms with van der Waals surface area (Å²) in [5.41, 5.74) is 2.07. The van der Waals surface area contributed by atoms with Gasteiger partial charge in [-0.05, 0) is 23.8 Å². The maximum Gasteiger partial charge on any atom is 0.229 e. The third-order valence-corrected chi connectivity index (χ3v) is 3.57. The fraction of sp³-hybridized carbons (Fsp3) is 0.118. The predicted octanol–water partition coefficient (Wildman–Crippen LogP) is 2.57. The van der Waals surface area contributed by atoms with Gasteiger partial charge < -0.3 is 16.0 Å². The third-order valence-electron chi connectivity index (χ3n) is 3.57. The average Bonchev–Trinajstić information content (AvgIpc) is 3.05. The Morgan fingerprint density at radius 2 is 2.23 bits per heavy atom. The molecule has 0 bridgehead atoms. The Balaban J connectivity index is 1.82. The van der Waals surface area contributed by atoms with Crippen molar-refractivity contribution in [3.8, 4) is 6.07 Å². The molecular weight excluding hydrogens is 335 g/mol. The molecule has 0 aliphatic heterocycles. The van der Waals surface area contributed by atoms with Crippen molar-refractivity contribution in [2.75, 3.05) is 10.6 Å². The third kappa shape index (κ3) is 3.81. The number of anilines is 3. The van der Waals surface area contributed by atoms with Crippen molar-refractivity contribution in [2.24, 2.45) is 7.05 Å². The Bertz CT molecular complexity index is 989. The first-order chi connectivity index (χ1) is 12.6. The summed E-state index contributed by atoms with van der Waals surface area (Å²) in [5.74, 6) is 0.301. The first kappa shape index (κ1) is 17.0. The minimum absolute atomic E-state index is 0.185. The number of hydrogen-bond donors (Lipinski definition) is 3. The fourth-order valence-electron chi connectivity index (χ4n) is 2.31. The highest BCUT2D eigenvalue weighted by atomic mass is 19.1. The topological polar surface area (TPSA) is 115 Å². The summed E-state index contributed by atoms with van der Waals surface area (Å²) in [5, 5.41) is 26.7. The first-order valence-corrected chi connectivity index (χ1v) is 7.64. The summed E-state index contributed by atoms with van der Waals surface area (Å²) in [6.07, 6.45) is 6.02. The van der Waals surface area contributed by atoms with Gasteiger partial charge >= 0.3 is 0 Å². The highest BCUT2D eigenvalue weighted by molar-refractivity contribution is 5.84. The molecule has 3 N–H and O–H groups in total. The molecule has 3 rings (SSSR count). The fourth-order valence-corrected chi connectivity index (χ4v) is 2.31. The average molecular weight is 350 g/mol. The van der Waals surface area contributed by atoms with Crippen molar-refractivity contribution < 1.29 is 4.39 Å². The van der Waals surface area contributed by atoms with E-state index in [1.165, 1.54) is 24.4 Å². The SMILES string of the molecule is Cn1cc(Nc2ncc(C=N)c(NCc3cc(F)ccc3C#N)n2)cn1. The summed E-state index contributed by atoms with van der Waals surface area (Å²) >= 11 is 0. The molecule has 2 aromatic heterocycles. The van der Waals surface area contributed by atoms with Gasteiger partial charge in [-0.3, -0.25) is 4.68 Å². The van der Waals surface area contributed by atoms with Crippen LogP contribution in [0.25, 0.3) is 0 Å². The Morgan fingerprint density at radius 3 is 2.92 bits per heavy atom. The summed E-state index contributed by atoms with van der Waals surface area (Å²) in [4.78, 5) is 8.50. The van der Waals surface area contributed by atoms with Crippen molar-refractivity contribution in [3.05, 3.63) is 59.3 Å². The van der Waals surface area contributed by atoms with Gasteiger partial charge in [0.15, 0.2) is 0 Å². The molecule has 3 aromatic rings. The standard InChI is InChI=1S/C17H15FN8/c1-26-10-15(9-23-26)24-17-22-8-13(6-20)16(25-17)21-7-12-4-14(18)3-2-11(12)5-19/h2-4,6,8-10,20H,7H2,1H3,(H2,21,22,24,25). The molecule has 0 atom stereocenters. The van der Waals surface area contributed by atoms with Crippen LogP contribution in [0.15, 0.2) is 36.8 Å². The lowest BCUT2D eigenvalue weighted by molar-refractivity contribution is 0.625. The molecule has 1 aromatic carbocycles. The highest BCUT2D eigenvalue weighted by Crippen LogP contribution is 2.18. The van der Waals surface area contributed by atoms with Crippen LogP contribution in [-0.4, -0.2) is 26.0 Å². The van der Waals surface area contributed by atoms with E-state index in [2.05, 4.69) is 25.7 Å². The normalized spacial score (nSPS) is 10.2. The molecule has 0 fully saturated rings. The number of aryl methyl sites for hydroxylation is 1. The molecule has 0 saturated heterocycles. The van der Waals surface area contributed by atoms with Crippen molar-refractivity contribution >= 4 is 23.7 Å². The molecule has 2 heterocycles. The van der Waals surface area contributed by atoms with Crippen molar-refractivity contribution in [3.63, 3.8) is 0 Å². The van der Waals surface area contributed by atoms with Gasteiger partial charge in [0.05, 0.1) is 29.1 Å². The molecule has 8 nitrogen and oxygen atoms in total. The van der Waals surface area contributed by atoms with Gasteiger partial charge in [0.1, 0.15) is 11.6 Å². The maximum atomic E-state index is 13.4. The Labute approximate surface area is 148 Å². The number of aromatic nitrogens is 4. The van der Waals surface area contributed by atoms with E-state index in [9.17, 15) is 4.39 Å². The van der Waals surface area contributed by atoms with Crippen LogP contribution in [0.1, 0.15) is 16.7 Å². The van der Waals surface area contributed by atoms with Gasteiger partial charge in [0.25, 0.3) is 0 Å². The molecule has 0 unspecified atom stereocenters. The number of nitrogens with one attached hydrogen (secondary N) is 3. The van der Waals surface area contributed by atoms with E-state index in [4.69, 9.17) is 10.7 Å². The molecule has 0 saturated carbocycles. The van der Waals surface area contributed by atoms with E-state index in [0.29, 0.717) is 28.5 Å². The summed E-state index contributed by atoms with van der Waals surface area (Å²) in [6.45, 7) is 0.185. The van der Waals surface area contributed by atoms with E-state index in [1.807, 2.05) is 6.07 Å². The summed E-state index contributed by atoms with van der Waals surface area (Å²) in [7, 11) is 1.79. The van der Waals surface area contributed by atoms with Gasteiger partial charge in [-0.1, -0.05) is 0 Å². The van der Waals surface area contributed by atoms with Crippen LogP contribution in [0, 0.1) is 22.6 Å². The lowest BCUT2D eigenvalue weighted by atomic mass is 10.1. The molecule has 0 aliphatic rings. The van der Waals surface area contributed by atoms with Gasteiger partial charge in [-0.2, -0.15) is 15.3 Å². The highest BCUT2D eigenvalue weighted by Gasteiger charge is 2.09. The second-order valence-electron chi connectivity index (χ2n) is 5.44.